The Bertz CT molecular complexity index is 980. The summed E-state index contributed by atoms with van der Waals surface area (Å²) in [6.07, 6.45) is 1.95. The van der Waals surface area contributed by atoms with Gasteiger partial charge in [0, 0.05) is 29.9 Å². The number of ether oxygens (including phenoxy) is 1. The van der Waals surface area contributed by atoms with Gasteiger partial charge in [0.15, 0.2) is 0 Å². The van der Waals surface area contributed by atoms with Crippen LogP contribution in [-0.2, 0) is 17.8 Å². The molecule has 1 aromatic carbocycles. The number of amides is 1. The number of methoxy groups -OCH3 is 1. The van der Waals surface area contributed by atoms with Gasteiger partial charge in [-0.3, -0.25) is 9.78 Å². The smallest absolute Gasteiger partial charge is 0.228 e. The highest BCUT2D eigenvalue weighted by Gasteiger charge is 2.19. The molecule has 1 amide bonds. The molecule has 0 bridgehead atoms. The summed E-state index contributed by atoms with van der Waals surface area (Å²) in [5.74, 6) is 1.96. The van der Waals surface area contributed by atoms with Gasteiger partial charge in [-0.05, 0) is 32.9 Å². The molecule has 2 aromatic heterocycles. The van der Waals surface area contributed by atoms with Crippen molar-refractivity contribution in [2.45, 2.75) is 33.7 Å². The molecule has 2 heterocycles. The third kappa shape index (κ3) is 4.06. The molecule has 0 fully saturated rings. The van der Waals surface area contributed by atoms with Crippen molar-refractivity contribution in [1.29, 1.82) is 0 Å². The van der Waals surface area contributed by atoms with Crippen LogP contribution < -0.4 is 4.74 Å². The number of hydrogen-bond donors (Lipinski definition) is 0. The summed E-state index contributed by atoms with van der Waals surface area (Å²) in [6.45, 7) is 6.15. The van der Waals surface area contributed by atoms with Gasteiger partial charge in [0.1, 0.15) is 11.5 Å². The number of oxazole rings is 1. The average Bonchev–Trinajstić information content (AvgIpc) is 3.05. The first-order valence-corrected chi connectivity index (χ1v) is 9.15. The zero-order chi connectivity index (χ0) is 20.3. The van der Waals surface area contributed by atoms with Gasteiger partial charge in [0.05, 0.1) is 31.5 Å². The Morgan fingerprint density at radius 1 is 1.14 bits per heavy atom. The van der Waals surface area contributed by atoms with Crippen LogP contribution >= 0.6 is 0 Å². The van der Waals surface area contributed by atoms with E-state index < -0.39 is 0 Å². The minimum absolute atomic E-state index is 0.0447. The van der Waals surface area contributed by atoms with E-state index in [1.807, 2.05) is 51.1 Å². The minimum atomic E-state index is -0.0447. The molecular formula is C22H25N3O3. The van der Waals surface area contributed by atoms with E-state index in [1.165, 1.54) is 0 Å². The fourth-order valence-corrected chi connectivity index (χ4v) is 3.12. The first-order chi connectivity index (χ1) is 13.4. The topological polar surface area (TPSA) is 68.5 Å². The molecule has 3 aromatic rings. The normalized spacial score (nSPS) is 10.8. The fourth-order valence-electron chi connectivity index (χ4n) is 3.12. The van der Waals surface area contributed by atoms with Gasteiger partial charge in [-0.15, -0.1) is 0 Å². The highest BCUT2D eigenvalue weighted by atomic mass is 16.5. The lowest BCUT2D eigenvalue weighted by atomic mass is 10.1. The van der Waals surface area contributed by atoms with Crippen LogP contribution in [0.2, 0.25) is 0 Å². The Morgan fingerprint density at radius 3 is 2.54 bits per heavy atom. The first kappa shape index (κ1) is 19.6. The number of pyridine rings is 1. The molecule has 0 atom stereocenters. The molecule has 0 N–H and O–H groups in total. The molecule has 0 spiro atoms. The molecule has 3 rings (SSSR count). The number of aryl methyl sites for hydroxylation is 2. The second-order valence-electron chi connectivity index (χ2n) is 6.86. The fraction of sp³-hybridized carbons (Fsp3) is 0.318. The maximum Gasteiger partial charge on any atom is 0.228 e. The number of rotatable bonds is 6. The zero-order valence-corrected chi connectivity index (χ0v) is 16.9. The molecule has 0 saturated heterocycles. The number of carbonyl (C=O) groups is 1. The van der Waals surface area contributed by atoms with Crippen LogP contribution in [0.4, 0.5) is 0 Å². The third-order valence-corrected chi connectivity index (χ3v) is 4.79. The molecule has 0 aliphatic heterocycles. The van der Waals surface area contributed by atoms with E-state index in [2.05, 4.69) is 9.97 Å². The van der Waals surface area contributed by atoms with Gasteiger partial charge < -0.3 is 14.1 Å². The van der Waals surface area contributed by atoms with Crippen LogP contribution in [0.3, 0.4) is 0 Å². The number of carbonyl (C=O) groups excluding carboxylic acids is 1. The summed E-state index contributed by atoms with van der Waals surface area (Å²) in [4.78, 5) is 23.4. The first-order valence-electron chi connectivity index (χ1n) is 9.15. The summed E-state index contributed by atoms with van der Waals surface area (Å²) < 4.78 is 11.2. The lowest BCUT2D eigenvalue weighted by Gasteiger charge is -2.19. The van der Waals surface area contributed by atoms with Crippen LogP contribution in [0.15, 0.2) is 40.9 Å². The summed E-state index contributed by atoms with van der Waals surface area (Å²) >= 11 is 0. The van der Waals surface area contributed by atoms with Gasteiger partial charge in [-0.2, -0.15) is 0 Å². The van der Waals surface area contributed by atoms with Gasteiger partial charge in [0.2, 0.25) is 11.8 Å². The molecule has 0 radical (unpaired) electrons. The number of likely N-dealkylation sites (N-methyl/N-ethyl adjacent to an activating group) is 1. The molecule has 6 heteroatoms. The number of nitrogens with zero attached hydrogens (tertiary/aromatic N) is 3. The van der Waals surface area contributed by atoms with Crippen molar-refractivity contribution >= 4 is 5.91 Å². The van der Waals surface area contributed by atoms with E-state index in [-0.39, 0.29) is 12.3 Å². The second-order valence-corrected chi connectivity index (χ2v) is 6.86. The summed E-state index contributed by atoms with van der Waals surface area (Å²) in [6, 6.07) is 9.66. The molecule has 146 valence electrons. The zero-order valence-electron chi connectivity index (χ0n) is 16.9. The predicted molar refractivity (Wildman–Crippen MR) is 107 cm³/mol. The van der Waals surface area contributed by atoms with E-state index in [1.54, 1.807) is 25.3 Å². The van der Waals surface area contributed by atoms with Crippen LogP contribution in [0.5, 0.6) is 5.75 Å². The maximum absolute atomic E-state index is 12.7. The van der Waals surface area contributed by atoms with E-state index in [9.17, 15) is 4.79 Å². The highest BCUT2D eigenvalue weighted by Crippen LogP contribution is 2.25. The standard InChI is InChI=1S/C22H25N3O3/c1-14-12-23-19(15(2)21(14)27-5)13-25(4)20(26)11-18-16(3)28-22(24-18)17-9-7-6-8-10-17/h6-10,12H,11,13H2,1-5H3. The van der Waals surface area contributed by atoms with Crippen molar-refractivity contribution in [3.63, 3.8) is 0 Å². The Balaban J connectivity index is 1.73. The minimum Gasteiger partial charge on any atom is -0.496 e. The molecule has 6 nitrogen and oxygen atoms in total. The van der Waals surface area contributed by atoms with Gasteiger partial charge >= 0.3 is 0 Å². The van der Waals surface area contributed by atoms with Gasteiger partial charge in [-0.1, -0.05) is 18.2 Å². The Hall–Kier alpha value is -3.15. The van der Waals surface area contributed by atoms with Crippen LogP contribution in [0.1, 0.15) is 28.3 Å². The van der Waals surface area contributed by atoms with Crippen molar-refractivity contribution in [3.05, 3.63) is 64.8 Å². The monoisotopic (exact) mass is 379 g/mol. The van der Waals surface area contributed by atoms with Gasteiger partial charge in [0.25, 0.3) is 0 Å². The van der Waals surface area contributed by atoms with E-state index in [0.29, 0.717) is 23.9 Å². The third-order valence-electron chi connectivity index (χ3n) is 4.79. The van der Waals surface area contributed by atoms with Crippen molar-refractivity contribution < 1.29 is 13.9 Å². The Morgan fingerprint density at radius 2 is 1.86 bits per heavy atom. The molecular weight excluding hydrogens is 354 g/mol. The molecule has 0 aliphatic rings. The molecule has 0 unspecified atom stereocenters. The van der Waals surface area contributed by atoms with Crippen LogP contribution in [-0.4, -0.2) is 34.9 Å². The maximum atomic E-state index is 12.7. The summed E-state index contributed by atoms with van der Waals surface area (Å²) in [5.41, 5.74) is 4.29. The van der Waals surface area contributed by atoms with Gasteiger partial charge in [-0.25, -0.2) is 4.98 Å². The average molecular weight is 379 g/mol. The van der Waals surface area contributed by atoms with Crippen molar-refractivity contribution in [1.82, 2.24) is 14.9 Å². The van der Waals surface area contributed by atoms with E-state index in [4.69, 9.17) is 9.15 Å². The summed E-state index contributed by atoms with van der Waals surface area (Å²) in [7, 11) is 3.41. The SMILES string of the molecule is COc1c(C)cnc(CN(C)C(=O)Cc2nc(-c3ccccc3)oc2C)c1C. The Labute approximate surface area is 165 Å². The molecule has 0 saturated carbocycles. The summed E-state index contributed by atoms with van der Waals surface area (Å²) in [5, 5.41) is 0. The molecule has 28 heavy (non-hydrogen) atoms. The quantitative estimate of drug-likeness (QED) is 0.650. The van der Waals surface area contributed by atoms with E-state index >= 15 is 0 Å². The largest absolute Gasteiger partial charge is 0.496 e. The van der Waals surface area contributed by atoms with Crippen molar-refractivity contribution in [2.24, 2.45) is 0 Å². The highest BCUT2D eigenvalue weighted by molar-refractivity contribution is 5.78. The number of benzene rings is 1. The number of aromatic nitrogens is 2. The lowest BCUT2D eigenvalue weighted by Crippen LogP contribution is -2.28. The lowest BCUT2D eigenvalue weighted by molar-refractivity contribution is -0.129. The van der Waals surface area contributed by atoms with Crippen LogP contribution in [0, 0.1) is 20.8 Å². The van der Waals surface area contributed by atoms with Crippen LogP contribution in [0.25, 0.3) is 11.5 Å². The Kier molecular flexibility index (Phi) is 5.78. The second kappa shape index (κ2) is 8.25. The van der Waals surface area contributed by atoms with Crippen molar-refractivity contribution in [2.75, 3.05) is 14.2 Å². The number of hydrogen-bond acceptors (Lipinski definition) is 5. The van der Waals surface area contributed by atoms with Crippen molar-refractivity contribution in [3.8, 4) is 17.2 Å². The van der Waals surface area contributed by atoms with E-state index in [0.717, 1.165) is 28.1 Å². The predicted octanol–water partition coefficient (Wildman–Crippen LogP) is 3.87. The molecule has 0 aliphatic carbocycles.